The molecule has 4 atom stereocenters. The number of fused-ring (bicyclic) bond motifs is 6. The fourth-order valence-corrected chi connectivity index (χ4v) is 6.66. The fraction of sp³-hybridized carbons (Fsp3) is 0.233. The van der Waals surface area contributed by atoms with Gasteiger partial charge in [0.15, 0.2) is 11.6 Å². The first kappa shape index (κ1) is 24.2. The molecule has 3 heterocycles. The van der Waals surface area contributed by atoms with Gasteiger partial charge in [0.25, 0.3) is 0 Å². The normalized spacial score (nSPS) is 24.5. The first-order chi connectivity index (χ1) is 18.3. The van der Waals surface area contributed by atoms with Gasteiger partial charge in [0, 0.05) is 16.4 Å². The van der Waals surface area contributed by atoms with Gasteiger partial charge in [-0.2, -0.15) is 0 Å². The lowest BCUT2D eigenvalue weighted by Crippen LogP contribution is -2.51. The molecule has 6 rings (SSSR count). The van der Waals surface area contributed by atoms with E-state index < -0.39 is 23.4 Å². The van der Waals surface area contributed by atoms with Gasteiger partial charge in [0.05, 0.1) is 37.8 Å². The number of nitrogens with zero attached hydrogens (tertiary/aromatic N) is 1. The predicted octanol–water partition coefficient (Wildman–Crippen LogP) is 4.92. The van der Waals surface area contributed by atoms with Crippen molar-refractivity contribution in [3.63, 3.8) is 0 Å². The highest BCUT2D eigenvalue weighted by molar-refractivity contribution is 6.31. The number of hydrogen-bond donors (Lipinski definition) is 1. The Morgan fingerprint density at radius 3 is 2.55 bits per heavy atom. The third kappa shape index (κ3) is 3.18. The second-order valence-corrected chi connectivity index (χ2v) is 10.2. The Kier molecular flexibility index (Phi) is 5.58. The van der Waals surface area contributed by atoms with Crippen molar-refractivity contribution in [1.29, 1.82) is 0 Å². The molecule has 0 bridgehead atoms. The van der Waals surface area contributed by atoms with Gasteiger partial charge in [0.1, 0.15) is 16.9 Å². The van der Waals surface area contributed by atoms with E-state index in [1.807, 2.05) is 53.5 Å². The Labute approximate surface area is 225 Å². The van der Waals surface area contributed by atoms with Gasteiger partial charge in [0.2, 0.25) is 5.91 Å². The lowest BCUT2D eigenvalue weighted by Gasteiger charge is -2.37. The molecule has 0 unspecified atom stereocenters. The molecule has 1 saturated heterocycles. The molecule has 1 spiro atoms. The molecule has 38 heavy (non-hydrogen) atoms. The van der Waals surface area contributed by atoms with Crippen molar-refractivity contribution in [2.24, 2.45) is 5.92 Å². The van der Waals surface area contributed by atoms with Crippen molar-refractivity contribution >= 4 is 46.5 Å². The molecule has 3 aliphatic heterocycles. The van der Waals surface area contributed by atoms with Gasteiger partial charge in [-0.1, -0.05) is 42.0 Å². The minimum atomic E-state index is -1.37. The molecular weight excluding hydrogens is 504 g/mol. The quantitative estimate of drug-likeness (QED) is 0.473. The van der Waals surface area contributed by atoms with Gasteiger partial charge in [-0.3, -0.25) is 14.4 Å². The molecule has 1 amide bonds. The molecule has 0 aliphatic carbocycles. The minimum Gasteiger partial charge on any atom is -0.497 e. The maximum absolute atomic E-state index is 14.7. The van der Waals surface area contributed by atoms with Crippen molar-refractivity contribution in [3.8, 4) is 11.5 Å². The lowest BCUT2D eigenvalue weighted by molar-refractivity contribution is -0.122. The van der Waals surface area contributed by atoms with Crippen molar-refractivity contribution in [2.45, 2.75) is 24.4 Å². The maximum Gasteiger partial charge on any atom is 0.238 e. The Morgan fingerprint density at radius 2 is 1.82 bits per heavy atom. The standard InChI is InChI=1S/C30H25ClN2O5/c1-16(34)27-26(28(35)20-15-19(37-2)10-12-24(20)38-3)30(21-6-4-5-7-22(21)32-29(30)36)25-13-8-17-14-18(31)9-11-23(17)33(25)27/h4-15,25-27H,1-3H3,(H,32,36)/t25-,26-,27-,30+/m0/s1. The molecule has 0 radical (unpaired) electrons. The smallest absolute Gasteiger partial charge is 0.238 e. The van der Waals surface area contributed by atoms with Crippen molar-refractivity contribution in [1.82, 2.24) is 0 Å². The van der Waals surface area contributed by atoms with Crippen LogP contribution in [0.25, 0.3) is 6.08 Å². The zero-order valence-electron chi connectivity index (χ0n) is 21.0. The number of para-hydroxylation sites is 1. The number of carbonyl (C=O) groups is 3. The van der Waals surface area contributed by atoms with Crippen LogP contribution in [0.15, 0.2) is 66.7 Å². The zero-order chi connectivity index (χ0) is 26.8. The number of Topliss-reactive ketones (excluding diaryl/α,β-unsaturated/α-hetero) is 2. The van der Waals surface area contributed by atoms with Crippen LogP contribution in [-0.2, 0) is 15.0 Å². The molecule has 1 N–H and O–H groups in total. The van der Waals surface area contributed by atoms with E-state index in [1.165, 1.54) is 21.1 Å². The summed E-state index contributed by atoms with van der Waals surface area (Å²) in [6.07, 6.45) is 3.82. The molecule has 8 heteroatoms. The van der Waals surface area contributed by atoms with Crippen LogP contribution in [0.1, 0.15) is 28.4 Å². The summed E-state index contributed by atoms with van der Waals surface area (Å²) in [7, 11) is 2.99. The third-order valence-electron chi connectivity index (χ3n) is 7.97. The molecule has 1 fully saturated rings. The van der Waals surface area contributed by atoms with E-state index in [2.05, 4.69) is 5.32 Å². The number of carbonyl (C=O) groups excluding carboxylic acids is 3. The van der Waals surface area contributed by atoms with Crippen LogP contribution >= 0.6 is 11.6 Å². The number of amides is 1. The van der Waals surface area contributed by atoms with Crippen LogP contribution in [-0.4, -0.2) is 43.8 Å². The van der Waals surface area contributed by atoms with E-state index >= 15 is 0 Å². The summed E-state index contributed by atoms with van der Waals surface area (Å²) in [4.78, 5) is 44.3. The van der Waals surface area contributed by atoms with Gasteiger partial charge in [-0.25, -0.2) is 0 Å². The van der Waals surface area contributed by atoms with Crippen LogP contribution in [0.2, 0.25) is 5.02 Å². The topological polar surface area (TPSA) is 84.9 Å². The Bertz CT molecular complexity index is 1550. The number of benzene rings is 3. The van der Waals surface area contributed by atoms with Gasteiger partial charge >= 0.3 is 0 Å². The Morgan fingerprint density at radius 1 is 1.03 bits per heavy atom. The molecule has 3 aromatic rings. The average molecular weight is 529 g/mol. The first-order valence-corrected chi connectivity index (χ1v) is 12.6. The lowest BCUT2D eigenvalue weighted by atomic mass is 9.64. The van der Waals surface area contributed by atoms with E-state index in [9.17, 15) is 14.4 Å². The monoisotopic (exact) mass is 528 g/mol. The number of ether oxygens (including phenoxy) is 2. The molecule has 7 nitrogen and oxygen atoms in total. The molecular formula is C30H25ClN2O5. The van der Waals surface area contributed by atoms with E-state index in [4.69, 9.17) is 21.1 Å². The van der Waals surface area contributed by atoms with E-state index in [-0.39, 0.29) is 23.0 Å². The highest BCUT2D eigenvalue weighted by atomic mass is 35.5. The highest BCUT2D eigenvalue weighted by Gasteiger charge is 2.70. The molecule has 192 valence electrons. The van der Waals surface area contributed by atoms with E-state index in [1.54, 1.807) is 24.3 Å². The number of hydrogen-bond acceptors (Lipinski definition) is 6. The van der Waals surface area contributed by atoms with E-state index in [0.717, 1.165) is 11.3 Å². The fourth-order valence-electron chi connectivity index (χ4n) is 6.48. The number of anilines is 2. The SMILES string of the molecule is COc1ccc(OC)c(C(=O)[C@@H]2[C@H](C(C)=O)N3c4ccc(Cl)cc4C=C[C@H]3[C@@]23C(=O)Nc2ccccc23)c1. The minimum absolute atomic E-state index is 0.222. The van der Waals surface area contributed by atoms with Crippen molar-refractivity contribution in [3.05, 3.63) is 88.5 Å². The summed E-state index contributed by atoms with van der Waals surface area (Å²) < 4.78 is 11.0. The maximum atomic E-state index is 14.7. The van der Waals surface area contributed by atoms with Crippen LogP contribution in [0, 0.1) is 5.92 Å². The Hall–Kier alpha value is -4.10. The largest absolute Gasteiger partial charge is 0.497 e. The molecule has 0 saturated carbocycles. The summed E-state index contributed by atoms with van der Waals surface area (Å²) in [5.41, 5.74) is 1.75. The molecule has 3 aliphatic rings. The summed E-state index contributed by atoms with van der Waals surface area (Å²) in [5.74, 6) is -1.16. The summed E-state index contributed by atoms with van der Waals surface area (Å²) in [6.45, 7) is 1.47. The third-order valence-corrected chi connectivity index (χ3v) is 8.20. The number of halogens is 1. The summed E-state index contributed by atoms with van der Waals surface area (Å²) in [6, 6.07) is 16.2. The van der Waals surface area contributed by atoms with Crippen LogP contribution in [0.4, 0.5) is 11.4 Å². The number of methoxy groups -OCH3 is 2. The second kappa shape index (κ2) is 8.74. The average Bonchev–Trinajstić information content (AvgIpc) is 3.40. The summed E-state index contributed by atoms with van der Waals surface area (Å²) >= 11 is 6.29. The van der Waals surface area contributed by atoms with E-state index in [0.29, 0.717) is 27.8 Å². The van der Waals surface area contributed by atoms with Crippen LogP contribution in [0.5, 0.6) is 11.5 Å². The molecule has 0 aromatic heterocycles. The number of rotatable bonds is 5. The molecule has 3 aromatic carbocycles. The van der Waals surface area contributed by atoms with Gasteiger partial charge < -0.3 is 19.7 Å². The Balaban J connectivity index is 1.66. The van der Waals surface area contributed by atoms with Gasteiger partial charge in [-0.15, -0.1) is 0 Å². The van der Waals surface area contributed by atoms with Crippen LogP contribution in [0.3, 0.4) is 0 Å². The van der Waals surface area contributed by atoms with Gasteiger partial charge in [-0.05, 0) is 60.5 Å². The van der Waals surface area contributed by atoms with Crippen molar-refractivity contribution < 1.29 is 23.9 Å². The number of nitrogens with one attached hydrogen (secondary N) is 1. The first-order valence-electron chi connectivity index (χ1n) is 12.3. The number of ketones is 2. The predicted molar refractivity (Wildman–Crippen MR) is 145 cm³/mol. The van der Waals surface area contributed by atoms with Crippen LogP contribution < -0.4 is 19.7 Å². The highest BCUT2D eigenvalue weighted by Crippen LogP contribution is 2.58. The zero-order valence-corrected chi connectivity index (χ0v) is 21.8. The second-order valence-electron chi connectivity index (χ2n) is 9.75. The summed E-state index contributed by atoms with van der Waals surface area (Å²) in [5, 5.41) is 3.56. The van der Waals surface area contributed by atoms with Crippen molar-refractivity contribution in [2.75, 3.05) is 24.4 Å².